The molecule has 2 aromatic carbocycles. The van der Waals surface area contributed by atoms with Crippen LogP contribution >= 0.6 is 0 Å². The van der Waals surface area contributed by atoms with E-state index in [1.807, 2.05) is 36.5 Å². The van der Waals surface area contributed by atoms with E-state index >= 15 is 0 Å². The Balaban J connectivity index is 1.70. The summed E-state index contributed by atoms with van der Waals surface area (Å²) >= 11 is 0. The summed E-state index contributed by atoms with van der Waals surface area (Å²) in [6.07, 6.45) is 3.51. The molecule has 3 aromatic rings. The molecule has 1 aromatic heterocycles. The molecule has 27 heavy (non-hydrogen) atoms. The maximum atomic E-state index is 12.5. The van der Waals surface area contributed by atoms with Crippen LogP contribution in [0.3, 0.4) is 0 Å². The van der Waals surface area contributed by atoms with Gasteiger partial charge in [0.2, 0.25) is 10.0 Å². The van der Waals surface area contributed by atoms with E-state index in [4.69, 9.17) is 4.74 Å². The van der Waals surface area contributed by atoms with Crippen LogP contribution in [0, 0.1) is 0 Å². The predicted octanol–water partition coefficient (Wildman–Crippen LogP) is 2.53. The zero-order valence-electron chi connectivity index (χ0n) is 14.7. The highest BCUT2D eigenvalue weighted by molar-refractivity contribution is 7.89. The van der Waals surface area contributed by atoms with Crippen molar-refractivity contribution in [2.45, 2.75) is 18.4 Å². The van der Waals surface area contributed by atoms with Crippen molar-refractivity contribution in [2.75, 3.05) is 6.61 Å². The number of rotatable bonds is 7. The molecule has 1 heterocycles. The quantitative estimate of drug-likeness (QED) is 0.631. The summed E-state index contributed by atoms with van der Waals surface area (Å²) in [5.74, 6) is -0.552. The van der Waals surface area contributed by atoms with Gasteiger partial charge in [0.25, 0.3) is 0 Å². The van der Waals surface area contributed by atoms with Crippen LogP contribution in [-0.2, 0) is 21.3 Å². The van der Waals surface area contributed by atoms with E-state index in [0.29, 0.717) is 0 Å². The minimum absolute atomic E-state index is 0.0150. The van der Waals surface area contributed by atoms with Gasteiger partial charge in [-0.25, -0.2) is 22.6 Å². The van der Waals surface area contributed by atoms with Crippen molar-refractivity contribution >= 4 is 16.0 Å². The van der Waals surface area contributed by atoms with Gasteiger partial charge in [0.1, 0.15) is 0 Å². The minimum atomic E-state index is -3.76. The molecule has 0 aliphatic heterocycles. The molecule has 0 unspecified atom stereocenters. The van der Waals surface area contributed by atoms with E-state index in [1.54, 1.807) is 17.8 Å². The highest BCUT2D eigenvalue weighted by Crippen LogP contribution is 2.14. The van der Waals surface area contributed by atoms with Crippen LogP contribution < -0.4 is 4.72 Å². The van der Waals surface area contributed by atoms with Gasteiger partial charge in [0.15, 0.2) is 0 Å². The highest BCUT2D eigenvalue weighted by Gasteiger charge is 2.16. The van der Waals surface area contributed by atoms with Gasteiger partial charge in [-0.1, -0.05) is 18.2 Å². The first-order valence-corrected chi connectivity index (χ1v) is 9.84. The average Bonchev–Trinajstić information content (AvgIpc) is 3.22. The molecule has 140 valence electrons. The first-order valence-electron chi connectivity index (χ1n) is 8.35. The molecule has 0 aliphatic rings. The van der Waals surface area contributed by atoms with Crippen molar-refractivity contribution in [3.63, 3.8) is 0 Å². The van der Waals surface area contributed by atoms with Gasteiger partial charge < -0.3 is 4.74 Å². The number of carbonyl (C=O) groups excluding carboxylic acids is 1. The number of ether oxygens (including phenoxy) is 1. The minimum Gasteiger partial charge on any atom is -0.462 e. The number of hydrogen-bond donors (Lipinski definition) is 1. The lowest BCUT2D eigenvalue weighted by Gasteiger charge is -2.09. The maximum absolute atomic E-state index is 12.5. The number of esters is 1. The Hall–Kier alpha value is -2.97. The lowest BCUT2D eigenvalue weighted by Crippen LogP contribution is -2.23. The number of aromatic nitrogens is 2. The Bertz CT molecular complexity index is 1010. The fraction of sp³-hybridized carbons (Fsp3) is 0.158. The lowest BCUT2D eigenvalue weighted by molar-refractivity contribution is 0.0526. The second kappa shape index (κ2) is 8.15. The van der Waals surface area contributed by atoms with Crippen LogP contribution in [0.25, 0.3) is 5.69 Å². The van der Waals surface area contributed by atoms with E-state index < -0.39 is 16.0 Å². The molecule has 1 N–H and O–H groups in total. The molecule has 0 radical (unpaired) electrons. The lowest BCUT2D eigenvalue weighted by atomic mass is 10.2. The van der Waals surface area contributed by atoms with E-state index in [1.165, 1.54) is 24.3 Å². The molecular formula is C19H19N3O4S. The zero-order valence-corrected chi connectivity index (χ0v) is 15.5. The second-order valence-electron chi connectivity index (χ2n) is 5.69. The third-order valence-electron chi connectivity index (χ3n) is 3.83. The summed E-state index contributed by atoms with van der Waals surface area (Å²) in [5, 5.41) is 4.14. The van der Waals surface area contributed by atoms with Gasteiger partial charge in [-0.3, -0.25) is 0 Å². The average molecular weight is 385 g/mol. The first-order chi connectivity index (χ1) is 13.0. The Morgan fingerprint density at radius 3 is 2.59 bits per heavy atom. The number of nitrogens with zero attached hydrogens (tertiary/aromatic N) is 2. The van der Waals surface area contributed by atoms with Crippen LogP contribution in [0.1, 0.15) is 22.8 Å². The van der Waals surface area contributed by atoms with Crippen molar-refractivity contribution in [1.82, 2.24) is 14.5 Å². The van der Waals surface area contributed by atoms with Gasteiger partial charge in [-0.15, -0.1) is 0 Å². The molecule has 0 spiro atoms. The fourth-order valence-electron chi connectivity index (χ4n) is 2.45. The van der Waals surface area contributed by atoms with E-state index in [0.717, 1.165) is 11.3 Å². The van der Waals surface area contributed by atoms with Gasteiger partial charge >= 0.3 is 5.97 Å². The molecule has 0 amide bonds. The predicted molar refractivity (Wildman–Crippen MR) is 100.0 cm³/mol. The largest absolute Gasteiger partial charge is 0.462 e. The van der Waals surface area contributed by atoms with Crippen molar-refractivity contribution in [2.24, 2.45) is 0 Å². The van der Waals surface area contributed by atoms with Crippen LogP contribution in [0.2, 0.25) is 0 Å². The third-order valence-corrected chi connectivity index (χ3v) is 5.23. The molecule has 0 atom stereocenters. The molecule has 0 saturated heterocycles. The van der Waals surface area contributed by atoms with E-state index in [2.05, 4.69) is 9.82 Å². The maximum Gasteiger partial charge on any atom is 0.338 e. The summed E-state index contributed by atoms with van der Waals surface area (Å²) in [5.41, 5.74) is 1.88. The Kier molecular flexibility index (Phi) is 5.68. The third kappa shape index (κ3) is 4.60. The molecule has 0 bridgehead atoms. The Morgan fingerprint density at radius 1 is 1.15 bits per heavy atom. The van der Waals surface area contributed by atoms with Crippen LogP contribution in [0.5, 0.6) is 0 Å². The van der Waals surface area contributed by atoms with Gasteiger partial charge in [0.05, 0.1) is 22.8 Å². The van der Waals surface area contributed by atoms with Gasteiger partial charge in [-0.05, 0) is 48.9 Å². The smallest absolute Gasteiger partial charge is 0.338 e. The molecule has 0 saturated carbocycles. The number of sulfonamides is 1. The zero-order chi connectivity index (χ0) is 19.3. The van der Waals surface area contributed by atoms with Crippen molar-refractivity contribution in [1.29, 1.82) is 0 Å². The fourth-order valence-corrected chi connectivity index (χ4v) is 3.52. The number of nitrogens with one attached hydrogen (secondary N) is 1. The molecule has 3 rings (SSSR count). The van der Waals surface area contributed by atoms with Crippen LogP contribution in [0.15, 0.2) is 71.9 Å². The van der Waals surface area contributed by atoms with Gasteiger partial charge in [-0.2, -0.15) is 5.10 Å². The highest BCUT2D eigenvalue weighted by atomic mass is 32.2. The SMILES string of the molecule is CCOC(=O)c1cccc(S(=O)(=O)NCc2ccc(-n3cccn3)cc2)c1. The molecule has 8 heteroatoms. The van der Waals surface area contributed by atoms with Crippen LogP contribution in [-0.4, -0.2) is 30.8 Å². The van der Waals surface area contributed by atoms with E-state index in [-0.39, 0.29) is 23.6 Å². The number of hydrogen-bond acceptors (Lipinski definition) is 5. The monoisotopic (exact) mass is 385 g/mol. The van der Waals surface area contributed by atoms with Crippen molar-refractivity contribution in [3.05, 3.63) is 78.1 Å². The summed E-state index contributed by atoms with van der Waals surface area (Å²) in [7, 11) is -3.76. The van der Waals surface area contributed by atoms with Crippen LogP contribution in [0.4, 0.5) is 0 Å². The second-order valence-corrected chi connectivity index (χ2v) is 7.46. The first kappa shape index (κ1) is 18.8. The molecule has 7 nitrogen and oxygen atoms in total. The van der Waals surface area contributed by atoms with Gasteiger partial charge in [0, 0.05) is 18.9 Å². The topological polar surface area (TPSA) is 90.3 Å². The Morgan fingerprint density at radius 2 is 1.93 bits per heavy atom. The standard InChI is InChI=1S/C19H19N3O4S/c1-2-26-19(23)16-5-3-6-18(13-16)27(24,25)21-14-15-7-9-17(10-8-15)22-12-4-11-20-22/h3-13,21H,2,14H2,1H3. The van der Waals surface area contributed by atoms with E-state index in [9.17, 15) is 13.2 Å². The summed E-state index contributed by atoms with van der Waals surface area (Å²) in [4.78, 5) is 11.8. The summed E-state index contributed by atoms with van der Waals surface area (Å²) in [6, 6.07) is 15.0. The molecule has 0 aliphatic carbocycles. The van der Waals surface area contributed by atoms with Crippen molar-refractivity contribution in [3.8, 4) is 5.69 Å². The molecule has 0 fully saturated rings. The number of carbonyl (C=O) groups is 1. The number of benzene rings is 2. The van der Waals surface area contributed by atoms with Crippen molar-refractivity contribution < 1.29 is 17.9 Å². The Labute approximate surface area is 157 Å². The normalized spacial score (nSPS) is 11.3. The molecular weight excluding hydrogens is 366 g/mol. The summed E-state index contributed by atoms with van der Waals surface area (Å²) in [6.45, 7) is 2.05. The summed E-state index contributed by atoms with van der Waals surface area (Å²) < 4.78 is 34.2.